The number of nitriles is 2. The average molecular weight is 248 g/mol. The lowest BCUT2D eigenvalue weighted by molar-refractivity contribution is 0.686. The van der Waals surface area contributed by atoms with E-state index in [0.717, 1.165) is 12.2 Å². The van der Waals surface area contributed by atoms with Crippen molar-refractivity contribution in [3.05, 3.63) is 28.8 Å². The number of nitrogens with zero attached hydrogens (tertiary/aromatic N) is 3. The van der Waals surface area contributed by atoms with Crippen molar-refractivity contribution in [1.82, 2.24) is 0 Å². The fraction of sp³-hybridized carbons (Fsp3) is 0.385. The van der Waals surface area contributed by atoms with E-state index < -0.39 is 0 Å². The largest absolute Gasteiger partial charge is 0.369 e. The maximum Gasteiger partial charge on any atom is 0.103 e. The summed E-state index contributed by atoms with van der Waals surface area (Å²) in [4.78, 5) is 2.00. The molecule has 0 amide bonds. The van der Waals surface area contributed by atoms with E-state index in [1.165, 1.54) is 0 Å². The van der Waals surface area contributed by atoms with Crippen molar-refractivity contribution in [3.63, 3.8) is 0 Å². The Labute approximate surface area is 107 Å². The van der Waals surface area contributed by atoms with Crippen molar-refractivity contribution < 1.29 is 0 Å². The number of anilines is 1. The predicted octanol–water partition coefficient (Wildman–Crippen LogP) is 3.20. The van der Waals surface area contributed by atoms with Gasteiger partial charge < -0.3 is 4.90 Å². The topological polar surface area (TPSA) is 50.8 Å². The Morgan fingerprint density at radius 2 is 2.12 bits per heavy atom. The molecular weight excluding hydrogens is 234 g/mol. The maximum atomic E-state index is 9.11. The molecule has 0 saturated carbocycles. The summed E-state index contributed by atoms with van der Waals surface area (Å²) >= 11 is 5.99. The van der Waals surface area contributed by atoms with E-state index in [1.54, 1.807) is 6.07 Å². The van der Waals surface area contributed by atoms with Crippen LogP contribution in [0.15, 0.2) is 18.2 Å². The van der Waals surface area contributed by atoms with Gasteiger partial charge in [-0.2, -0.15) is 10.5 Å². The molecule has 1 aromatic rings. The van der Waals surface area contributed by atoms with E-state index in [1.807, 2.05) is 30.9 Å². The summed E-state index contributed by atoms with van der Waals surface area (Å²) in [6.07, 6.45) is 0. The Bertz CT molecular complexity index is 471. The van der Waals surface area contributed by atoms with Crippen LogP contribution in [0.4, 0.5) is 5.69 Å². The number of rotatable bonds is 4. The van der Waals surface area contributed by atoms with E-state index in [2.05, 4.69) is 12.1 Å². The number of hydrogen-bond acceptors (Lipinski definition) is 3. The van der Waals surface area contributed by atoms with Crippen LogP contribution in [0.5, 0.6) is 0 Å². The standard InChI is InChI=1S/C13H14ClN3/c1-3-17(9-10(2)7-15)13-6-4-5-12(14)11(13)8-16/h4-6,10H,3,9H2,1-2H3. The monoisotopic (exact) mass is 247 g/mol. The van der Waals surface area contributed by atoms with Gasteiger partial charge in [0.1, 0.15) is 6.07 Å². The fourth-order valence-electron chi connectivity index (χ4n) is 1.66. The van der Waals surface area contributed by atoms with E-state index >= 15 is 0 Å². The van der Waals surface area contributed by atoms with Gasteiger partial charge in [0.05, 0.1) is 28.3 Å². The molecule has 17 heavy (non-hydrogen) atoms. The van der Waals surface area contributed by atoms with Gasteiger partial charge >= 0.3 is 0 Å². The van der Waals surface area contributed by atoms with Gasteiger partial charge in [-0.15, -0.1) is 0 Å². The van der Waals surface area contributed by atoms with E-state index in [0.29, 0.717) is 17.1 Å². The molecule has 4 heteroatoms. The van der Waals surface area contributed by atoms with Gasteiger partial charge in [0.25, 0.3) is 0 Å². The first-order valence-electron chi connectivity index (χ1n) is 5.47. The Morgan fingerprint density at radius 3 is 2.65 bits per heavy atom. The van der Waals surface area contributed by atoms with Crippen LogP contribution in [0.25, 0.3) is 0 Å². The minimum absolute atomic E-state index is 0.0829. The van der Waals surface area contributed by atoms with Gasteiger partial charge in [-0.25, -0.2) is 0 Å². The molecule has 0 aromatic heterocycles. The fourth-order valence-corrected chi connectivity index (χ4v) is 1.87. The summed E-state index contributed by atoms with van der Waals surface area (Å²) in [7, 11) is 0. The highest BCUT2D eigenvalue weighted by Crippen LogP contribution is 2.27. The number of benzene rings is 1. The highest BCUT2D eigenvalue weighted by atomic mass is 35.5. The Kier molecular flexibility index (Phi) is 4.82. The normalized spacial score (nSPS) is 11.4. The third kappa shape index (κ3) is 3.12. The van der Waals surface area contributed by atoms with Crippen molar-refractivity contribution in [1.29, 1.82) is 10.5 Å². The van der Waals surface area contributed by atoms with Crippen LogP contribution < -0.4 is 4.90 Å². The van der Waals surface area contributed by atoms with Gasteiger partial charge in [-0.1, -0.05) is 17.7 Å². The van der Waals surface area contributed by atoms with Gasteiger partial charge in [-0.3, -0.25) is 0 Å². The summed E-state index contributed by atoms with van der Waals surface area (Å²) in [5, 5.41) is 18.4. The lowest BCUT2D eigenvalue weighted by atomic mass is 10.1. The molecule has 0 aliphatic heterocycles. The van der Waals surface area contributed by atoms with Crippen LogP contribution >= 0.6 is 11.6 Å². The smallest absolute Gasteiger partial charge is 0.103 e. The summed E-state index contributed by atoms with van der Waals surface area (Å²) in [6, 6.07) is 9.68. The van der Waals surface area contributed by atoms with Crippen LogP contribution in [-0.2, 0) is 0 Å². The molecule has 0 fully saturated rings. The molecule has 0 spiro atoms. The minimum atomic E-state index is -0.0829. The number of hydrogen-bond donors (Lipinski definition) is 0. The molecule has 1 rings (SSSR count). The Balaban J connectivity index is 3.09. The van der Waals surface area contributed by atoms with Gasteiger partial charge in [0.2, 0.25) is 0 Å². The van der Waals surface area contributed by atoms with Crippen molar-refractivity contribution in [2.75, 3.05) is 18.0 Å². The zero-order valence-corrected chi connectivity index (χ0v) is 10.7. The van der Waals surface area contributed by atoms with Crippen molar-refractivity contribution in [2.45, 2.75) is 13.8 Å². The molecule has 88 valence electrons. The van der Waals surface area contributed by atoms with Crippen molar-refractivity contribution in [2.24, 2.45) is 5.92 Å². The molecule has 0 heterocycles. The van der Waals surface area contributed by atoms with Gasteiger partial charge in [-0.05, 0) is 26.0 Å². The third-order valence-corrected chi connectivity index (χ3v) is 2.86. The van der Waals surface area contributed by atoms with Crippen molar-refractivity contribution in [3.8, 4) is 12.1 Å². The first-order valence-corrected chi connectivity index (χ1v) is 5.85. The molecular formula is C13H14ClN3. The highest BCUT2D eigenvalue weighted by molar-refractivity contribution is 6.32. The average Bonchev–Trinajstić information content (AvgIpc) is 2.35. The molecule has 0 bridgehead atoms. The zero-order chi connectivity index (χ0) is 12.8. The molecule has 3 nitrogen and oxygen atoms in total. The molecule has 1 aromatic carbocycles. The summed E-state index contributed by atoms with van der Waals surface area (Å²) < 4.78 is 0. The molecule has 0 aliphatic carbocycles. The first-order chi connectivity index (χ1) is 8.13. The lowest BCUT2D eigenvalue weighted by Gasteiger charge is -2.25. The predicted molar refractivity (Wildman–Crippen MR) is 68.8 cm³/mol. The van der Waals surface area contributed by atoms with Crippen LogP contribution in [0, 0.1) is 28.6 Å². The quantitative estimate of drug-likeness (QED) is 0.821. The number of halogens is 1. The molecule has 0 radical (unpaired) electrons. The van der Waals surface area contributed by atoms with Crippen LogP contribution in [0.1, 0.15) is 19.4 Å². The Hall–Kier alpha value is -1.71. The molecule has 0 saturated heterocycles. The highest BCUT2D eigenvalue weighted by Gasteiger charge is 2.14. The van der Waals surface area contributed by atoms with Gasteiger partial charge in [0, 0.05) is 13.1 Å². The minimum Gasteiger partial charge on any atom is -0.369 e. The second kappa shape index (κ2) is 6.13. The molecule has 0 aliphatic rings. The van der Waals surface area contributed by atoms with Crippen LogP contribution in [0.3, 0.4) is 0 Å². The first kappa shape index (κ1) is 13.4. The second-order valence-corrected chi connectivity index (χ2v) is 4.22. The SMILES string of the molecule is CCN(CC(C)C#N)c1cccc(Cl)c1C#N. The summed E-state index contributed by atoms with van der Waals surface area (Å²) in [5.41, 5.74) is 1.27. The van der Waals surface area contributed by atoms with E-state index in [-0.39, 0.29) is 5.92 Å². The maximum absolute atomic E-state index is 9.11. The summed E-state index contributed by atoms with van der Waals surface area (Å²) in [5.74, 6) is -0.0829. The van der Waals surface area contributed by atoms with Gasteiger partial charge in [0.15, 0.2) is 0 Å². The van der Waals surface area contributed by atoms with E-state index in [4.69, 9.17) is 22.1 Å². The molecule has 0 N–H and O–H groups in total. The molecule has 1 unspecified atom stereocenters. The van der Waals surface area contributed by atoms with Crippen molar-refractivity contribution >= 4 is 17.3 Å². The lowest BCUT2D eigenvalue weighted by Crippen LogP contribution is -2.28. The van der Waals surface area contributed by atoms with Crippen LogP contribution in [0.2, 0.25) is 5.02 Å². The second-order valence-electron chi connectivity index (χ2n) is 3.81. The van der Waals surface area contributed by atoms with Crippen LogP contribution in [-0.4, -0.2) is 13.1 Å². The molecule has 1 atom stereocenters. The Morgan fingerprint density at radius 1 is 1.41 bits per heavy atom. The zero-order valence-electron chi connectivity index (χ0n) is 9.94. The summed E-state index contributed by atoms with van der Waals surface area (Å²) in [6.45, 7) is 5.19. The van der Waals surface area contributed by atoms with E-state index in [9.17, 15) is 0 Å². The third-order valence-electron chi connectivity index (χ3n) is 2.54.